The standard InChI is InChI=1S/C17H13ClN2O2/c1-20-10-15(11-6-2-3-7-12(11)17(21)22)19-16(20)13-8-4-5-9-14(13)18/h2-10H,1H3,(H,21,22). The molecule has 0 radical (unpaired) electrons. The summed E-state index contributed by atoms with van der Waals surface area (Å²) >= 11 is 6.22. The van der Waals surface area contributed by atoms with Crippen molar-refractivity contribution in [2.75, 3.05) is 0 Å². The number of hydrogen-bond acceptors (Lipinski definition) is 2. The summed E-state index contributed by atoms with van der Waals surface area (Å²) in [5.41, 5.74) is 2.23. The molecule has 0 fully saturated rings. The average Bonchev–Trinajstić information content (AvgIpc) is 2.89. The van der Waals surface area contributed by atoms with Crippen molar-refractivity contribution in [1.29, 1.82) is 0 Å². The highest BCUT2D eigenvalue weighted by Crippen LogP contribution is 2.30. The van der Waals surface area contributed by atoms with E-state index >= 15 is 0 Å². The number of carboxylic acid groups (broad SMARTS) is 1. The first-order valence-corrected chi connectivity index (χ1v) is 7.06. The van der Waals surface area contributed by atoms with E-state index in [1.165, 1.54) is 0 Å². The van der Waals surface area contributed by atoms with Crippen molar-refractivity contribution >= 4 is 17.6 Å². The molecule has 1 N–H and O–H groups in total. The van der Waals surface area contributed by atoms with E-state index in [2.05, 4.69) is 4.98 Å². The maximum Gasteiger partial charge on any atom is 0.336 e. The molecule has 0 saturated carbocycles. The summed E-state index contributed by atoms with van der Waals surface area (Å²) in [6.45, 7) is 0. The van der Waals surface area contributed by atoms with Gasteiger partial charge in [0.1, 0.15) is 5.82 Å². The van der Waals surface area contributed by atoms with Crippen LogP contribution >= 0.6 is 11.6 Å². The summed E-state index contributed by atoms with van der Waals surface area (Å²) in [6, 6.07) is 14.3. The predicted molar refractivity (Wildman–Crippen MR) is 86.0 cm³/mol. The highest BCUT2D eigenvalue weighted by atomic mass is 35.5. The van der Waals surface area contributed by atoms with Gasteiger partial charge in [0.25, 0.3) is 0 Å². The molecule has 110 valence electrons. The Morgan fingerprint density at radius 3 is 2.41 bits per heavy atom. The van der Waals surface area contributed by atoms with Crippen LogP contribution in [-0.4, -0.2) is 20.6 Å². The minimum atomic E-state index is -0.972. The van der Waals surface area contributed by atoms with Gasteiger partial charge in [0.05, 0.1) is 16.3 Å². The number of carboxylic acids is 1. The number of aromatic nitrogens is 2. The molecule has 0 bridgehead atoms. The van der Waals surface area contributed by atoms with Gasteiger partial charge in [-0.15, -0.1) is 0 Å². The van der Waals surface area contributed by atoms with Crippen molar-refractivity contribution in [3.05, 3.63) is 65.3 Å². The maximum atomic E-state index is 11.4. The molecule has 2 aromatic carbocycles. The quantitative estimate of drug-likeness (QED) is 0.792. The van der Waals surface area contributed by atoms with Crippen molar-refractivity contribution < 1.29 is 9.90 Å². The fourth-order valence-corrected chi connectivity index (χ4v) is 2.60. The zero-order chi connectivity index (χ0) is 15.7. The smallest absolute Gasteiger partial charge is 0.336 e. The Kier molecular flexibility index (Phi) is 3.69. The Morgan fingerprint density at radius 1 is 1.09 bits per heavy atom. The average molecular weight is 313 g/mol. The van der Waals surface area contributed by atoms with Crippen LogP contribution in [0.4, 0.5) is 0 Å². The first kappa shape index (κ1) is 14.4. The summed E-state index contributed by atoms with van der Waals surface area (Å²) in [5.74, 6) is -0.277. The third-order valence-corrected chi connectivity index (χ3v) is 3.75. The molecule has 0 atom stereocenters. The lowest BCUT2D eigenvalue weighted by Gasteiger charge is -2.03. The topological polar surface area (TPSA) is 55.1 Å². The number of benzene rings is 2. The molecule has 0 amide bonds. The first-order chi connectivity index (χ1) is 10.6. The number of imidazole rings is 1. The van der Waals surface area contributed by atoms with Gasteiger partial charge >= 0.3 is 5.97 Å². The summed E-state index contributed by atoms with van der Waals surface area (Å²) in [6.07, 6.45) is 1.81. The highest BCUT2D eigenvalue weighted by Gasteiger charge is 2.16. The number of aromatic carboxylic acids is 1. The number of rotatable bonds is 3. The number of halogens is 1. The summed E-state index contributed by atoms with van der Waals surface area (Å²) in [7, 11) is 1.86. The van der Waals surface area contributed by atoms with Crippen LogP contribution in [-0.2, 0) is 7.05 Å². The molecule has 1 heterocycles. The van der Waals surface area contributed by atoms with Crippen LogP contribution in [0.2, 0.25) is 5.02 Å². The molecule has 4 nitrogen and oxygen atoms in total. The zero-order valence-electron chi connectivity index (χ0n) is 11.8. The second-order valence-corrected chi connectivity index (χ2v) is 5.30. The monoisotopic (exact) mass is 312 g/mol. The lowest BCUT2D eigenvalue weighted by molar-refractivity contribution is 0.0697. The van der Waals surface area contributed by atoms with Gasteiger partial charge in [-0.05, 0) is 18.2 Å². The third kappa shape index (κ3) is 2.49. The normalized spacial score (nSPS) is 10.6. The molecule has 3 rings (SSSR count). The minimum Gasteiger partial charge on any atom is -0.478 e. The van der Waals surface area contributed by atoms with Gasteiger partial charge in [0, 0.05) is 24.4 Å². The molecule has 0 aliphatic carbocycles. The molecule has 3 aromatic rings. The van der Waals surface area contributed by atoms with Gasteiger partial charge in [-0.3, -0.25) is 0 Å². The van der Waals surface area contributed by atoms with Gasteiger partial charge in [0.15, 0.2) is 0 Å². The van der Waals surface area contributed by atoms with Gasteiger partial charge in [-0.2, -0.15) is 0 Å². The van der Waals surface area contributed by atoms with E-state index in [0.29, 0.717) is 22.1 Å². The molecule has 0 spiro atoms. The van der Waals surface area contributed by atoms with Gasteiger partial charge < -0.3 is 9.67 Å². The third-order valence-electron chi connectivity index (χ3n) is 3.42. The SMILES string of the molecule is Cn1cc(-c2ccccc2C(=O)O)nc1-c1ccccc1Cl. The molecular formula is C17H13ClN2O2. The van der Waals surface area contributed by atoms with E-state index in [4.69, 9.17) is 11.6 Å². The van der Waals surface area contributed by atoms with Crippen LogP contribution in [0.5, 0.6) is 0 Å². The predicted octanol–water partition coefficient (Wildman–Crippen LogP) is 4.11. The van der Waals surface area contributed by atoms with Crippen LogP contribution in [0, 0.1) is 0 Å². The van der Waals surface area contributed by atoms with Crippen LogP contribution in [0.3, 0.4) is 0 Å². The van der Waals surface area contributed by atoms with Gasteiger partial charge in [-0.25, -0.2) is 9.78 Å². The Hall–Kier alpha value is -2.59. The van der Waals surface area contributed by atoms with Crippen molar-refractivity contribution in [1.82, 2.24) is 9.55 Å². The highest BCUT2D eigenvalue weighted by molar-refractivity contribution is 6.33. The summed E-state index contributed by atoms with van der Waals surface area (Å²) in [4.78, 5) is 15.9. The van der Waals surface area contributed by atoms with E-state index in [9.17, 15) is 9.90 Å². The van der Waals surface area contributed by atoms with E-state index in [1.54, 1.807) is 36.5 Å². The van der Waals surface area contributed by atoms with E-state index in [0.717, 1.165) is 5.56 Å². The van der Waals surface area contributed by atoms with E-state index in [-0.39, 0.29) is 5.56 Å². The van der Waals surface area contributed by atoms with Crippen molar-refractivity contribution in [2.45, 2.75) is 0 Å². The van der Waals surface area contributed by atoms with E-state index < -0.39 is 5.97 Å². The Morgan fingerprint density at radius 2 is 1.73 bits per heavy atom. The van der Waals surface area contributed by atoms with Crippen molar-refractivity contribution in [2.24, 2.45) is 7.05 Å². The lowest BCUT2D eigenvalue weighted by atomic mass is 10.1. The van der Waals surface area contributed by atoms with Gasteiger partial charge in [0.2, 0.25) is 0 Å². The second kappa shape index (κ2) is 5.66. The number of nitrogens with zero attached hydrogens (tertiary/aromatic N) is 2. The van der Waals surface area contributed by atoms with Crippen LogP contribution in [0.25, 0.3) is 22.6 Å². The number of carbonyl (C=O) groups is 1. The summed E-state index contributed by atoms with van der Waals surface area (Å²) in [5, 5.41) is 9.91. The fourth-order valence-electron chi connectivity index (χ4n) is 2.38. The molecule has 22 heavy (non-hydrogen) atoms. The number of aryl methyl sites for hydroxylation is 1. The summed E-state index contributed by atoms with van der Waals surface area (Å²) < 4.78 is 1.84. The van der Waals surface area contributed by atoms with Crippen molar-refractivity contribution in [3.63, 3.8) is 0 Å². The first-order valence-electron chi connectivity index (χ1n) is 6.69. The Balaban J connectivity index is 2.15. The molecule has 5 heteroatoms. The van der Waals surface area contributed by atoms with Crippen LogP contribution in [0.15, 0.2) is 54.7 Å². The van der Waals surface area contributed by atoms with Crippen LogP contribution in [0.1, 0.15) is 10.4 Å². The van der Waals surface area contributed by atoms with Crippen LogP contribution < -0.4 is 0 Å². The number of hydrogen-bond donors (Lipinski definition) is 1. The Bertz CT molecular complexity index is 855. The fraction of sp³-hybridized carbons (Fsp3) is 0.0588. The minimum absolute atomic E-state index is 0.228. The largest absolute Gasteiger partial charge is 0.478 e. The second-order valence-electron chi connectivity index (χ2n) is 4.89. The van der Waals surface area contributed by atoms with E-state index in [1.807, 2.05) is 29.8 Å². The van der Waals surface area contributed by atoms with Gasteiger partial charge in [-0.1, -0.05) is 41.9 Å². The van der Waals surface area contributed by atoms with Crippen molar-refractivity contribution in [3.8, 4) is 22.6 Å². The lowest BCUT2D eigenvalue weighted by Crippen LogP contribution is -1.99. The molecule has 0 aliphatic rings. The molecule has 0 saturated heterocycles. The molecule has 0 aliphatic heterocycles. The molecular weight excluding hydrogens is 300 g/mol. The molecule has 0 unspecified atom stereocenters. The maximum absolute atomic E-state index is 11.4. The Labute approximate surface area is 132 Å². The zero-order valence-corrected chi connectivity index (χ0v) is 12.6. The molecule has 1 aromatic heterocycles.